The van der Waals surface area contributed by atoms with E-state index >= 15 is 0 Å². The Morgan fingerprint density at radius 1 is 1.35 bits per heavy atom. The first kappa shape index (κ1) is 16.7. The number of carbonyl (C=O) groups excluding carboxylic acids is 1. The topological polar surface area (TPSA) is 89.7 Å². The second-order valence-electron chi connectivity index (χ2n) is 4.53. The maximum atomic E-state index is 12.1. The lowest BCUT2D eigenvalue weighted by Crippen LogP contribution is -1.96. The van der Waals surface area contributed by atoms with Crippen molar-refractivity contribution in [2.75, 3.05) is 7.11 Å². The van der Waals surface area contributed by atoms with Gasteiger partial charge in [0.05, 0.1) is 12.0 Å². The fourth-order valence-electron chi connectivity index (χ4n) is 1.93. The van der Waals surface area contributed by atoms with Crippen LogP contribution in [-0.4, -0.2) is 22.9 Å². The zero-order chi connectivity index (χ0) is 17.0. The van der Waals surface area contributed by atoms with Gasteiger partial charge in [0.25, 0.3) is 0 Å². The molecule has 0 spiro atoms. The van der Waals surface area contributed by atoms with Gasteiger partial charge in [-0.25, -0.2) is 0 Å². The molecule has 0 aliphatic heterocycles. The van der Waals surface area contributed by atoms with Crippen LogP contribution in [0.25, 0.3) is 6.08 Å². The number of methoxy groups -OCH3 is 1. The Bertz CT molecular complexity index is 801. The minimum atomic E-state index is -0.717. The average molecular weight is 378 g/mol. The first-order chi connectivity index (χ1) is 10.9. The van der Waals surface area contributed by atoms with Crippen molar-refractivity contribution in [3.05, 3.63) is 68.2 Å². The number of phenols is 1. The van der Waals surface area contributed by atoms with Crippen LogP contribution in [0.1, 0.15) is 15.9 Å². The molecule has 0 aromatic heterocycles. The van der Waals surface area contributed by atoms with Gasteiger partial charge in [0.2, 0.25) is 5.75 Å². The van der Waals surface area contributed by atoms with Gasteiger partial charge in [-0.1, -0.05) is 34.1 Å². The number of halogens is 1. The normalized spacial score (nSPS) is 10.7. The van der Waals surface area contributed by atoms with E-state index in [9.17, 15) is 20.0 Å². The molecule has 1 N–H and O–H groups in total. The fourth-order valence-corrected chi connectivity index (χ4v) is 2.41. The number of rotatable bonds is 5. The van der Waals surface area contributed by atoms with E-state index in [0.717, 1.165) is 0 Å². The molecule has 2 rings (SSSR count). The summed E-state index contributed by atoms with van der Waals surface area (Å²) >= 11 is 3.29. The van der Waals surface area contributed by atoms with Gasteiger partial charge < -0.3 is 9.84 Å². The average Bonchev–Trinajstić information content (AvgIpc) is 2.53. The second-order valence-corrected chi connectivity index (χ2v) is 5.38. The Labute approximate surface area is 140 Å². The maximum absolute atomic E-state index is 12.1. The molecule has 0 fully saturated rings. The Balaban J connectivity index is 2.36. The molecule has 0 saturated heterocycles. The van der Waals surface area contributed by atoms with Crippen LogP contribution in [0.2, 0.25) is 0 Å². The highest BCUT2D eigenvalue weighted by Gasteiger charge is 2.19. The zero-order valence-corrected chi connectivity index (χ0v) is 13.6. The minimum absolute atomic E-state index is 0.0350. The lowest BCUT2D eigenvalue weighted by Gasteiger charge is -2.05. The second kappa shape index (κ2) is 7.06. The van der Waals surface area contributed by atoms with Gasteiger partial charge in [-0.05, 0) is 29.8 Å². The molecule has 0 radical (unpaired) electrons. The summed E-state index contributed by atoms with van der Waals surface area (Å²) < 4.78 is 5.56. The van der Waals surface area contributed by atoms with E-state index in [4.69, 9.17) is 4.74 Å². The molecule has 0 atom stereocenters. The predicted octanol–water partition coefficient (Wildman–Crippen LogP) is 3.97. The number of benzene rings is 2. The van der Waals surface area contributed by atoms with Crippen molar-refractivity contribution in [2.24, 2.45) is 0 Å². The molecule has 0 saturated carbocycles. The summed E-state index contributed by atoms with van der Waals surface area (Å²) in [6.45, 7) is 0. The summed E-state index contributed by atoms with van der Waals surface area (Å²) in [7, 11) is 1.29. The lowest BCUT2D eigenvalue weighted by molar-refractivity contribution is -0.386. The van der Waals surface area contributed by atoms with Crippen molar-refractivity contribution in [2.45, 2.75) is 0 Å². The molecular weight excluding hydrogens is 366 g/mol. The van der Waals surface area contributed by atoms with Crippen molar-refractivity contribution >= 4 is 33.5 Å². The van der Waals surface area contributed by atoms with Crippen LogP contribution in [0.5, 0.6) is 11.5 Å². The van der Waals surface area contributed by atoms with Crippen molar-refractivity contribution in [3.63, 3.8) is 0 Å². The molecule has 0 aliphatic rings. The van der Waals surface area contributed by atoms with E-state index < -0.39 is 16.4 Å². The molecule has 23 heavy (non-hydrogen) atoms. The number of allylic oxidation sites excluding steroid dienone is 1. The number of ether oxygens (including phenoxy) is 1. The largest absolute Gasteiger partial charge is 0.500 e. The number of nitrogens with zero attached hydrogens (tertiary/aromatic N) is 1. The molecule has 2 aromatic rings. The van der Waals surface area contributed by atoms with Crippen molar-refractivity contribution < 1.29 is 19.6 Å². The van der Waals surface area contributed by atoms with E-state index in [0.29, 0.717) is 15.6 Å². The molecule has 2 aromatic carbocycles. The SMILES string of the molecule is COc1cc(C=CC(=O)c2ccccc2Br)cc([N+](=O)[O-])c1O. The van der Waals surface area contributed by atoms with E-state index in [1.54, 1.807) is 24.3 Å². The van der Waals surface area contributed by atoms with Crippen molar-refractivity contribution in [1.82, 2.24) is 0 Å². The smallest absolute Gasteiger partial charge is 0.315 e. The van der Waals surface area contributed by atoms with Gasteiger partial charge in [0, 0.05) is 16.1 Å². The molecule has 0 amide bonds. The number of phenolic OH excluding ortho intramolecular Hbond substituents is 1. The third kappa shape index (κ3) is 3.75. The molecule has 0 heterocycles. The molecule has 7 heteroatoms. The maximum Gasteiger partial charge on any atom is 0.315 e. The quantitative estimate of drug-likeness (QED) is 0.368. The number of carbonyl (C=O) groups is 1. The third-order valence-corrected chi connectivity index (χ3v) is 3.75. The number of aromatic hydroxyl groups is 1. The summed E-state index contributed by atoms with van der Waals surface area (Å²) in [4.78, 5) is 22.4. The zero-order valence-electron chi connectivity index (χ0n) is 12.0. The first-order valence-electron chi connectivity index (χ1n) is 6.46. The molecule has 0 unspecified atom stereocenters. The molecule has 0 bridgehead atoms. The third-order valence-electron chi connectivity index (χ3n) is 3.06. The molecule has 6 nitrogen and oxygen atoms in total. The van der Waals surface area contributed by atoms with Gasteiger partial charge in [-0.2, -0.15) is 0 Å². The number of hydrogen-bond acceptors (Lipinski definition) is 5. The van der Waals surface area contributed by atoms with Crippen molar-refractivity contribution in [1.29, 1.82) is 0 Å². The summed E-state index contributed by atoms with van der Waals surface area (Å²) in [5.74, 6) is -0.842. The van der Waals surface area contributed by atoms with Crippen LogP contribution in [-0.2, 0) is 0 Å². The summed E-state index contributed by atoms with van der Waals surface area (Å²) in [6.07, 6.45) is 2.73. The highest BCUT2D eigenvalue weighted by atomic mass is 79.9. The van der Waals surface area contributed by atoms with Crippen LogP contribution in [0.15, 0.2) is 46.9 Å². The Morgan fingerprint density at radius 2 is 2.04 bits per heavy atom. The minimum Gasteiger partial charge on any atom is -0.500 e. The fraction of sp³-hybridized carbons (Fsp3) is 0.0625. The Hall–Kier alpha value is -2.67. The molecule has 118 valence electrons. The Morgan fingerprint density at radius 3 is 2.65 bits per heavy atom. The molecular formula is C16H12BrNO5. The Kier molecular flexibility index (Phi) is 5.13. The van der Waals surface area contributed by atoms with E-state index in [-0.39, 0.29) is 11.5 Å². The monoisotopic (exact) mass is 377 g/mol. The summed E-state index contributed by atoms with van der Waals surface area (Å²) in [5, 5.41) is 20.7. The van der Waals surface area contributed by atoms with Crippen LogP contribution in [0.4, 0.5) is 5.69 Å². The van der Waals surface area contributed by atoms with Gasteiger partial charge >= 0.3 is 5.69 Å². The van der Waals surface area contributed by atoms with E-state index in [2.05, 4.69) is 15.9 Å². The van der Waals surface area contributed by atoms with Crippen molar-refractivity contribution in [3.8, 4) is 11.5 Å². The standard InChI is InChI=1S/C16H12BrNO5/c1-23-15-9-10(8-13(16(15)20)18(21)22)6-7-14(19)11-4-2-3-5-12(11)17/h2-9,20H,1H3. The number of hydrogen-bond donors (Lipinski definition) is 1. The number of nitro groups is 1. The highest BCUT2D eigenvalue weighted by molar-refractivity contribution is 9.10. The number of nitro benzene ring substituents is 1. The first-order valence-corrected chi connectivity index (χ1v) is 7.25. The van der Waals surface area contributed by atoms with Crippen LogP contribution in [0.3, 0.4) is 0 Å². The predicted molar refractivity (Wildman–Crippen MR) is 88.8 cm³/mol. The van der Waals surface area contributed by atoms with Crippen LogP contribution < -0.4 is 4.74 Å². The lowest BCUT2D eigenvalue weighted by atomic mass is 10.1. The van der Waals surface area contributed by atoms with Gasteiger partial charge in [0.15, 0.2) is 11.5 Å². The summed E-state index contributed by atoms with van der Waals surface area (Å²) in [6, 6.07) is 9.51. The van der Waals surface area contributed by atoms with Gasteiger partial charge in [-0.3, -0.25) is 14.9 Å². The van der Waals surface area contributed by atoms with Crippen LogP contribution in [0, 0.1) is 10.1 Å². The molecule has 0 aliphatic carbocycles. The summed E-state index contributed by atoms with van der Waals surface area (Å²) in [5.41, 5.74) is 0.355. The van der Waals surface area contributed by atoms with Gasteiger partial charge in [0.1, 0.15) is 0 Å². The highest BCUT2D eigenvalue weighted by Crippen LogP contribution is 2.37. The van der Waals surface area contributed by atoms with E-state index in [1.165, 1.54) is 31.4 Å². The van der Waals surface area contributed by atoms with Crippen LogP contribution >= 0.6 is 15.9 Å². The van der Waals surface area contributed by atoms with Gasteiger partial charge in [-0.15, -0.1) is 0 Å². The van der Waals surface area contributed by atoms with E-state index in [1.807, 2.05) is 0 Å². The number of ketones is 1.